The van der Waals surface area contributed by atoms with Gasteiger partial charge in [0.15, 0.2) is 0 Å². The fraction of sp³-hybridized carbons (Fsp3) is 0.235. The van der Waals surface area contributed by atoms with Gasteiger partial charge in [-0.2, -0.15) is 0 Å². The number of rotatable bonds is 4. The third kappa shape index (κ3) is 3.42. The topological polar surface area (TPSA) is 41.1 Å². The molecule has 0 saturated carbocycles. The van der Waals surface area contributed by atoms with Gasteiger partial charge >= 0.3 is 6.03 Å². The van der Waals surface area contributed by atoms with Gasteiger partial charge in [0.2, 0.25) is 0 Å². The number of para-hydroxylation sites is 2. The lowest BCUT2D eigenvalue weighted by atomic mass is 10.0. The van der Waals surface area contributed by atoms with Gasteiger partial charge in [-0.15, -0.1) is 0 Å². The summed E-state index contributed by atoms with van der Waals surface area (Å²) in [6, 6.07) is 8.52. The molecule has 0 spiro atoms. The molecule has 0 bridgehead atoms. The van der Waals surface area contributed by atoms with Crippen LogP contribution in [0.3, 0.4) is 0 Å². The number of urea groups is 1. The summed E-state index contributed by atoms with van der Waals surface area (Å²) < 4.78 is 27.1. The first-order valence-electron chi connectivity index (χ1n) is 7.19. The first kappa shape index (κ1) is 15.9. The summed E-state index contributed by atoms with van der Waals surface area (Å²) in [7, 11) is 0. The number of hydrogen-bond donors (Lipinski definition) is 2. The Morgan fingerprint density at radius 1 is 0.864 bits per heavy atom. The van der Waals surface area contributed by atoms with Crippen molar-refractivity contribution in [3.05, 3.63) is 59.2 Å². The van der Waals surface area contributed by atoms with Crippen molar-refractivity contribution in [1.82, 2.24) is 0 Å². The molecule has 0 aliphatic heterocycles. The van der Waals surface area contributed by atoms with Crippen molar-refractivity contribution in [3.63, 3.8) is 0 Å². The normalized spacial score (nSPS) is 10.4. The standard InChI is InChI=1S/C17H18F2N2O/c1-3-11-7-5-8-12(4-2)15(11)20-17(22)21-16-13(18)9-6-10-14(16)19/h5-10H,3-4H2,1-2H3,(H2,20,21,22). The fourth-order valence-corrected chi connectivity index (χ4v) is 2.28. The molecular weight excluding hydrogens is 286 g/mol. The predicted octanol–water partition coefficient (Wildman–Crippen LogP) is 4.73. The third-order valence-corrected chi connectivity index (χ3v) is 3.44. The van der Waals surface area contributed by atoms with Crippen LogP contribution in [0, 0.1) is 11.6 Å². The van der Waals surface area contributed by atoms with Crippen molar-refractivity contribution in [3.8, 4) is 0 Å². The maximum Gasteiger partial charge on any atom is 0.323 e. The first-order chi connectivity index (χ1) is 10.6. The van der Waals surface area contributed by atoms with E-state index >= 15 is 0 Å². The van der Waals surface area contributed by atoms with E-state index < -0.39 is 23.4 Å². The van der Waals surface area contributed by atoms with Crippen LogP contribution in [0.5, 0.6) is 0 Å². The summed E-state index contributed by atoms with van der Waals surface area (Å²) in [6.45, 7) is 3.96. The highest BCUT2D eigenvalue weighted by Gasteiger charge is 2.14. The molecule has 0 fully saturated rings. The molecule has 2 N–H and O–H groups in total. The quantitative estimate of drug-likeness (QED) is 0.842. The fourth-order valence-electron chi connectivity index (χ4n) is 2.28. The molecule has 0 aliphatic carbocycles. The molecular formula is C17H18F2N2O. The minimum atomic E-state index is -0.811. The van der Waals surface area contributed by atoms with E-state index in [1.54, 1.807) is 0 Å². The molecule has 3 nitrogen and oxygen atoms in total. The maximum atomic E-state index is 13.6. The van der Waals surface area contributed by atoms with Gasteiger partial charge in [0.05, 0.1) is 0 Å². The Morgan fingerprint density at radius 2 is 1.32 bits per heavy atom. The molecule has 22 heavy (non-hydrogen) atoms. The van der Waals surface area contributed by atoms with E-state index in [2.05, 4.69) is 10.6 Å². The Balaban J connectivity index is 2.23. The number of anilines is 2. The van der Waals surface area contributed by atoms with E-state index in [0.717, 1.165) is 36.1 Å². The zero-order chi connectivity index (χ0) is 16.1. The molecule has 0 unspecified atom stereocenters. The van der Waals surface area contributed by atoms with E-state index in [1.807, 2.05) is 32.0 Å². The summed E-state index contributed by atoms with van der Waals surface area (Å²) in [5.41, 5.74) is 2.20. The predicted molar refractivity (Wildman–Crippen MR) is 84.2 cm³/mol. The minimum absolute atomic E-state index is 0.452. The number of aryl methyl sites for hydroxylation is 2. The van der Waals surface area contributed by atoms with Gasteiger partial charge in [-0.3, -0.25) is 0 Å². The van der Waals surface area contributed by atoms with Crippen LogP contribution in [0.4, 0.5) is 25.0 Å². The Labute approximate surface area is 128 Å². The Kier molecular flexibility index (Phi) is 5.09. The Hall–Kier alpha value is -2.43. The zero-order valence-corrected chi connectivity index (χ0v) is 12.5. The molecule has 0 aliphatic rings. The second-order valence-electron chi connectivity index (χ2n) is 4.83. The molecule has 2 aromatic rings. The molecule has 2 aromatic carbocycles. The molecule has 2 rings (SSSR count). The molecule has 0 atom stereocenters. The smallest absolute Gasteiger partial charge is 0.307 e. The number of nitrogens with one attached hydrogen (secondary N) is 2. The van der Waals surface area contributed by atoms with E-state index in [1.165, 1.54) is 6.07 Å². The highest BCUT2D eigenvalue weighted by atomic mass is 19.1. The summed E-state index contributed by atoms with van der Waals surface area (Å²) in [5.74, 6) is -1.62. The molecule has 5 heteroatoms. The van der Waals surface area contributed by atoms with Crippen LogP contribution in [0.2, 0.25) is 0 Å². The van der Waals surface area contributed by atoms with Crippen LogP contribution in [-0.2, 0) is 12.8 Å². The largest absolute Gasteiger partial charge is 0.323 e. The average Bonchev–Trinajstić information content (AvgIpc) is 2.51. The van der Waals surface area contributed by atoms with Crippen LogP contribution >= 0.6 is 0 Å². The van der Waals surface area contributed by atoms with E-state index in [9.17, 15) is 13.6 Å². The lowest BCUT2D eigenvalue weighted by molar-refractivity contribution is 0.262. The van der Waals surface area contributed by atoms with Crippen molar-refractivity contribution < 1.29 is 13.6 Å². The van der Waals surface area contributed by atoms with Crippen LogP contribution in [-0.4, -0.2) is 6.03 Å². The number of benzene rings is 2. The van der Waals surface area contributed by atoms with Crippen molar-refractivity contribution >= 4 is 17.4 Å². The van der Waals surface area contributed by atoms with Crippen molar-refractivity contribution in [2.75, 3.05) is 10.6 Å². The van der Waals surface area contributed by atoms with Crippen molar-refractivity contribution in [2.45, 2.75) is 26.7 Å². The van der Waals surface area contributed by atoms with Gasteiger partial charge in [0.1, 0.15) is 17.3 Å². The minimum Gasteiger partial charge on any atom is -0.307 e. The van der Waals surface area contributed by atoms with Crippen LogP contribution in [0.25, 0.3) is 0 Å². The highest BCUT2D eigenvalue weighted by molar-refractivity contribution is 6.00. The van der Waals surface area contributed by atoms with Gasteiger partial charge in [-0.25, -0.2) is 13.6 Å². The molecule has 0 saturated heterocycles. The summed E-state index contributed by atoms with van der Waals surface area (Å²) in [4.78, 5) is 12.1. The first-order valence-corrected chi connectivity index (χ1v) is 7.19. The van der Waals surface area contributed by atoms with Crippen molar-refractivity contribution in [1.29, 1.82) is 0 Å². The lowest BCUT2D eigenvalue weighted by Gasteiger charge is -2.15. The molecule has 0 heterocycles. The van der Waals surface area contributed by atoms with E-state index in [-0.39, 0.29) is 0 Å². The Morgan fingerprint density at radius 3 is 1.82 bits per heavy atom. The van der Waals surface area contributed by atoms with Crippen LogP contribution in [0.15, 0.2) is 36.4 Å². The average molecular weight is 304 g/mol. The summed E-state index contributed by atoms with van der Waals surface area (Å²) in [6.07, 6.45) is 1.50. The second-order valence-corrected chi connectivity index (χ2v) is 4.83. The number of hydrogen-bond acceptors (Lipinski definition) is 1. The molecule has 0 aromatic heterocycles. The number of carbonyl (C=O) groups excluding carboxylic acids is 1. The molecule has 116 valence electrons. The number of carbonyl (C=O) groups is 1. The highest BCUT2D eigenvalue weighted by Crippen LogP contribution is 2.23. The van der Waals surface area contributed by atoms with Crippen molar-refractivity contribution in [2.24, 2.45) is 0 Å². The van der Waals surface area contributed by atoms with Crippen LogP contribution < -0.4 is 10.6 Å². The van der Waals surface area contributed by atoms with E-state index in [0.29, 0.717) is 5.69 Å². The number of amides is 2. The second kappa shape index (κ2) is 7.02. The van der Waals surface area contributed by atoms with Gasteiger partial charge in [-0.05, 0) is 36.1 Å². The van der Waals surface area contributed by atoms with E-state index in [4.69, 9.17) is 0 Å². The number of halogens is 2. The monoisotopic (exact) mass is 304 g/mol. The Bertz CT molecular complexity index is 644. The molecule has 2 amide bonds. The lowest BCUT2D eigenvalue weighted by Crippen LogP contribution is -2.22. The van der Waals surface area contributed by atoms with Gasteiger partial charge in [-0.1, -0.05) is 38.1 Å². The SMILES string of the molecule is CCc1cccc(CC)c1NC(=O)Nc1c(F)cccc1F. The maximum absolute atomic E-state index is 13.6. The summed E-state index contributed by atoms with van der Waals surface area (Å²) in [5, 5.41) is 4.93. The summed E-state index contributed by atoms with van der Waals surface area (Å²) >= 11 is 0. The zero-order valence-electron chi connectivity index (χ0n) is 12.5. The molecule has 0 radical (unpaired) electrons. The van der Waals surface area contributed by atoms with Gasteiger partial charge in [0.25, 0.3) is 0 Å². The van der Waals surface area contributed by atoms with Gasteiger partial charge < -0.3 is 10.6 Å². The van der Waals surface area contributed by atoms with Crippen LogP contribution in [0.1, 0.15) is 25.0 Å². The third-order valence-electron chi connectivity index (χ3n) is 3.44. The van der Waals surface area contributed by atoms with Gasteiger partial charge in [0, 0.05) is 5.69 Å².